The number of guanidine groups is 2. The van der Waals surface area contributed by atoms with E-state index in [0.29, 0.717) is 111 Å². The molecule has 0 saturated carbocycles. The number of nitrogens with one attached hydrogen (secondary N) is 6. The van der Waals surface area contributed by atoms with Gasteiger partial charge in [0.1, 0.15) is 64.7 Å². The average molecular weight is 2230 g/mol. The predicted molar refractivity (Wildman–Crippen MR) is 584 cm³/mol. The molecular weight excluding hydrogens is 2120 g/mol. The fraction of sp³-hybridized carbons (Fsp3) is 0.351. The van der Waals surface area contributed by atoms with Crippen LogP contribution in [0, 0.1) is 32.5 Å². The van der Waals surface area contributed by atoms with Crippen LogP contribution in [0.25, 0.3) is 0 Å². The third-order valence-corrected chi connectivity index (χ3v) is 26.4. The minimum absolute atomic E-state index is 0. The fourth-order valence-corrected chi connectivity index (χ4v) is 17.5. The first-order valence-electron chi connectivity index (χ1n) is 45.7. The number of piperidine rings is 1. The molecule has 5 saturated heterocycles. The van der Waals surface area contributed by atoms with Crippen LogP contribution >= 0.6 is 151 Å². The maximum Gasteiger partial charge on any atom is 0.284 e. The van der Waals surface area contributed by atoms with Crippen molar-refractivity contribution in [1.82, 2.24) is 98.3 Å². The number of aromatic nitrogens is 13. The smallest absolute Gasteiger partial charge is 0.284 e. The van der Waals surface area contributed by atoms with E-state index < -0.39 is 0 Å². The second-order valence-corrected chi connectivity index (χ2v) is 40.8. The number of likely N-dealkylation sites (tertiary alicyclic amines) is 2. The van der Waals surface area contributed by atoms with E-state index in [-0.39, 0.29) is 18.4 Å². The van der Waals surface area contributed by atoms with E-state index in [9.17, 15) is 0 Å². The highest BCUT2D eigenvalue weighted by atomic mass is 35.5. The van der Waals surface area contributed by atoms with Crippen molar-refractivity contribution in [3.63, 3.8) is 0 Å². The van der Waals surface area contributed by atoms with Crippen LogP contribution in [0.2, 0.25) is 51.5 Å². The van der Waals surface area contributed by atoms with Crippen LogP contribution in [0.4, 0.5) is 5.95 Å². The number of anilines is 1. The van der Waals surface area contributed by atoms with Gasteiger partial charge in [-0.2, -0.15) is 0 Å². The number of nitrogen functional groups attached to an aromatic ring is 1. The van der Waals surface area contributed by atoms with Gasteiger partial charge in [0.25, 0.3) is 6.02 Å². The lowest BCUT2D eigenvalue weighted by molar-refractivity contribution is -0.884. The Bertz CT molecular complexity index is 5790. The Kier molecular flexibility index (Phi) is 50.8. The monoisotopic (exact) mass is 2230 g/mol. The SMILES string of the molecule is C[N+](C)(C)Cc1ccc(Cl)nc1.N=C1CCCCN1Cc1ccc(Cl)nc1.N=C1CCCN1Cc1ccc(Cl)nc1.N=C1OCCN1Cc1ccc(Cl)nc1.N=C1SCCCN1Cc1ccc(Cl)nc1.N=C1SCCN1Cc1ccc(Cl)nc1.N=c1sccn1Cc1ccc(Cl)nc1.NC1=NCCCCN1Cc1ccc(Cl)nc1.NC1=NCCCN1Cc1ccc(Cl)nc1.Nc1nccn1Cc1ccc(Cl)nc1.[Cl-]. The van der Waals surface area contributed by atoms with Gasteiger partial charge in [-0.15, -0.1) is 11.3 Å². The van der Waals surface area contributed by atoms with Crippen molar-refractivity contribution in [3.05, 3.63) is 319 Å². The summed E-state index contributed by atoms with van der Waals surface area (Å²) in [6.45, 7) is 16.4. The van der Waals surface area contributed by atoms with Crippen LogP contribution in [-0.4, -0.2) is 241 Å². The number of ether oxygens (including phenoxy) is 1. The molecule has 144 heavy (non-hydrogen) atoms. The minimum Gasteiger partial charge on any atom is -1.00 e. The Balaban J connectivity index is 0.000000178. The second kappa shape index (κ2) is 62.5. The standard InChI is InChI=1S/C11H15ClN4.C11H14ClN3.C10H13ClN4.C10H12ClN3S.C10H12ClN3.C9H9ClN4.C9H10ClN3O.C9H10ClN3S.C9H8ClN3S.C9H14ClN2.ClH/c12-10-4-3-9(7-15-10)8-16-6-2-1-5-14-11(16)13;12-10-5-4-9(7-14-10)8-15-6-2-1-3-11(15)13;11-9-3-2-8(6-14-9)7-15-5-1-4-13-10(15)12;11-9-3-2-8(6-13-9)7-14-4-1-5-15-10(14)12;11-9-4-3-8(6-13-9)7-14-5-1-2-10(14)12;10-8-2-1-7(5-13-8)6-14-4-3-12-9(14)11;3*10-8-2-1-7(5-12-8)6-13-3-4-14-9(13)11;1-12(2,3)7-8-4-5-9(10)11-6-8;/h3-4,7H,1-2,5-6,8H2,(H2,13,14);4-5,7,13H,1-3,6,8H2;2-3,6H,1,4-5,7H2,(H2,12,13);2-3,6,12H,1,4-5,7H2;3-4,6,12H,1-2,5,7H2;1-5H,6H2,(H2,11,12);2*1-2,5,11H,3-4,6H2;1-5,11H,6H2;4-6H,7H2,1-3H3;1H/q;;;;;;;;;+1;/p-1. The van der Waals surface area contributed by atoms with Crippen molar-refractivity contribution >= 4 is 197 Å². The van der Waals surface area contributed by atoms with Gasteiger partial charge in [-0.3, -0.25) is 42.4 Å². The van der Waals surface area contributed by atoms with E-state index in [2.05, 4.69) is 110 Å². The Labute approximate surface area is 909 Å². The number of hydrogen-bond donors (Lipinski definition) is 9. The Morgan fingerprint density at radius 2 is 0.646 bits per heavy atom. The molecule has 47 heteroatoms. The zero-order valence-corrected chi connectivity index (χ0v) is 90.6. The van der Waals surface area contributed by atoms with Gasteiger partial charge in [-0.1, -0.05) is 194 Å². The maximum absolute atomic E-state index is 7.82. The average Bonchev–Trinajstić information content (AvgIpc) is 1.88. The van der Waals surface area contributed by atoms with Gasteiger partial charge in [-0.05, 0) is 162 Å². The number of pyridine rings is 10. The van der Waals surface area contributed by atoms with Crippen LogP contribution in [0.5, 0.6) is 0 Å². The van der Waals surface area contributed by atoms with Gasteiger partial charge < -0.3 is 82.3 Å². The van der Waals surface area contributed by atoms with E-state index >= 15 is 0 Å². The zero-order chi connectivity index (χ0) is 102. The number of nitrogens with two attached hydrogens (primary N) is 3. The summed E-state index contributed by atoms with van der Waals surface area (Å²) < 4.78 is 9.63. The van der Waals surface area contributed by atoms with Crippen molar-refractivity contribution in [2.75, 3.05) is 104 Å². The highest BCUT2D eigenvalue weighted by molar-refractivity contribution is 8.14. The molecule has 0 spiro atoms. The maximum atomic E-state index is 7.82. The van der Waals surface area contributed by atoms with Crippen molar-refractivity contribution < 1.29 is 21.6 Å². The first-order valence-corrected chi connectivity index (χ1v) is 52.3. The molecule has 0 radical (unpaired) electrons. The summed E-state index contributed by atoms with van der Waals surface area (Å²) in [5.74, 6) is 5.31. The van der Waals surface area contributed by atoms with Gasteiger partial charge in [0.2, 0.25) is 0 Å². The number of imidazole rings is 1. The molecule has 19 heterocycles. The van der Waals surface area contributed by atoms with Crippen molar-refractivity contribution in [2.45, 2.75) is 123 Å². The second-order valence-electron chi connectivity index (χ2n) is 33.8. The molecule has 7 aliphatic heterocycles. The third-order valence-electron chi connectivity index (χ3n) is 21.5. The summed E-state index contributed by atoms with van der Waals surface area (Å²) >= 11 is 61.5. The van der Waals surface area contributed by atoms with E-state index in [1.165, 1.54) is 23.3 Å². The molecule has 0 unspecified atom stereocenters. The van der Waals surface area contributed by atoms with Gasteiger partial charge in [0.15, 0.2) is 33.0 Å². The van der Waals surface area contributed by atoms with E-state index in [1.807, 2.05) is 110 Å². The summed E-state index contributed by atoms with van der Waals surface area (Å²) in [5.41, 5.74) is 28.3. The van der Waals surface area contributed by atoms with Crippen LogP contribution in [0.1, 0.15) is 113 Å². The molecule has 12 aromatic heterocycles. The number of thiazole rings is 1. The molecule has 766 valence electrons. The largest absolute Gasteiger partial charge is 1.00 e. The van der Waals surface area contributed by atoms with Crippen LogP contribution < -0.4 is 34.4 Å². The number of amidine groups is 5. The Morgan fingerprint density at radius 3 is 0.972 bits per heavy atom. The summed E-state index contributed by atoms with van der Waals surface area (Å²) in [6, 6.07) is 37.6. The molecular formula is C97H117Cl11N32OS3. The number of quaternary nitrogens is 1. The molecule has 12 aromatic rings. The molecule has 5 fully saturated rings. The lowest BCUT2D eigenvalue weighted by Crippen LogP contribution is -3.00. The number of halogens is 11. The predicted octanol–water partition coefficient (Wildman–Crippen LogP) is 16.9. The lowest BCUT2D eigenvalue weighted by atomic mass is 10.1. The van der Waals surface area contributed by atoms with Crippen molar-refractivity contribution in [3.8, 4) is 0 Å². The number of nitrogens with zero attached hydrogens (tertiary/aromatic N) is 23. The first-order chi connectivity index (χ1) is 68.8. The number of aliphatic imine (C=N–C) groups is 2. The summed E-state index contributed by atoms with van der Waals surface area (Å²) in [5, 5.41) is 54.3. The van der Waals surface area contributed by atoms with Crippen molar-refractivity contribution in [1.29, 1.82) is 32.5 Å². The molecule has 19 rings (SSSR count). The van der Waals surface area contributed by atoms with Crippen LogP contribution in [0.3, 0.4) is 0 Å². The van der Waals surface area contributed by atoms with E-state index in [1.54, 1.807) is 140 Å². The fourth-order valence-electron chi connectivity index (χ4n) is 14.1. The summed E-state index contributed by atoms with van der Waals surface area (Å²) in [4.78, 5) is 67.4. The number of hydrogen-bond acceptors (Lipinski definition) is 28. The Morgan fingerprint density at radius 1 is 0.326 bits per heavy atom. The normalized spacial score (nSPS) is 14.8. The molecule has 0 aliphatic carbocycles. The van der Waals surface area contributed by atoms with E-state index in [0.717, 1.165) is 234 Å². The van der Waals surface area contributed by atoms with E-state index in [4.69, 9.17) is 170 Å². The topological polar surface area (TPSA) is 429 Å². The quantitative estimate of drug-likeness (QED) is 0.0253. The van der Waals surface area contributed by atoms with Gasteiger partial charge in [-0.25, -0.2) is 54.8 Å². The zero-order valence-electron chi connectivity index (χ0n) is 79.9. The summed E-state index contributed by atoms with van der Waals surface area (Å²) in [6.07, 6.45) is 32.7. The van der Waals surface area contributed by atoms with Crippen LogP contribution in [-0.2, 0) is 70.2 Å². The number of rotatable bonds is 20. The van der Waals surface area contributed by atoms with Gasteiger partial charge in [0, 0.05) is 214 Å². The van der Waals surface area contributed by atoms with Crippen molar-refractivity contribution in [2.24, 2.45) is 21.5 Å². The molecule has 0 atom stereocenters. The molecule has 7 aliphatic rings. The number of thioether (sulfide) groups is 2. The highest BCUT2D eigenvalue weighted by Crippen LogP contribution is 2.25. The molecule has 0 bridgehead atoms. The van der Waals surface area contributed by atoms with Gasteiger partial charge >= 0.3 is 0 Å². The minimum atomic E-state index is 0. The van der Waals surface area contributed by atoms with Gasteiger partial charge in [0.05, 0.1) is 52.4 Å². The molecule has 0 aromatic carbocycles. The molecule has 33 nitrogen and oxygen atoms in total. The molecule has 12 N–H and O–H groups in total. The first kappa shape index (κ1) is 117. The van der Waals surface area contributed by atoms with Crippen LogP contribution in [0.15, 0.2) is 217 Å². The third kappa shape index (κ3) is 44.0. The lowest BCUT2D eigenvalue weighted by Gasteiger charge is -2.29. The molecule has 0 amide bonds. The highest BCUT2D eigenvalue weighted by Gasteiger charge is 2.23. The summed E-state index contributed by atoms with van der Waals surface area (Å²) in [7, 11) is 6.44. The Hall–Kier alpha value is -10.5.